The van der Waals surface area contributed by atoms with Crippen LogP contribution in [0, 0.1) is 5.41 Å². The molecule has 0 aliphatic carbocycles. The zero-order valence-corrected chi connectivity index (χ0v) is 21.8. The average molecular weight is 497 g/mol. The molecule has 2 aliphatic heterocycles. The van der Waals surface area contributed by atoms with Crippen LogP contribution in [-0.4, -0.2) is 66.4 Å². The molecular weight excluding hydrogens is 460 g/mol. The van der Waals surface area contributed by atoms with Crippen LogP contribution in [0.4, 0.5) is 21.1 Å². The molecule has 0 saturated carbocycles. The lowest BCUT2D eigenvalue weighted by atomic mass is 9.89. The minimum Gasteiger partial charge on any atom is -0.453 e. The second kappa shape index (κ2) is 10.7. The summed E-state index contributed by atoms with van der Waals surface area (Å²) < 4.78 is 10.4. The lowest BCUT2D eigenvalue weighted by Crippen LogP contribution is -2.38. The van der Waals surface area contributed by atoms with Crippen molar-refractivity contribution in [3.8, 4) is 11.4 Å². The number of amides is 3. The number of nitrogens with zero attached hydrogens (tertiary/aromatic N) is 4. The van der Waals surface area contributed by atoms with E-state index in [1.54, 1.807) is 4.90 Å². The largest absolute Gasteiger partial charge is 0.453 e. The average Bonchev–Trinajstić information content (AvgIpc) is 3.27. The highest BCUT2D eigenvalue weighted by Gasteiger charge is 2.31. The third-order valence-electron chi connectivity index (χ3n) is 6.20. The molecule has 0 spiro atoms. The van der Waals surface area contributed by atoms with Gasteiger partial charge >= 0.3 is 12.1 Å². The quantitative estimate of drug-likeness (QED) is 0.644. The molecule has 3 amide bonds. The number of morpholine rings is 1. The first-order valence-corrected chi connectivity index (χ1v) is 12.4. The Kier molecular flexibility index (Phi) is 7.63. The van der Waals surface area contributed by atoms with Gasteiger partial charge in [-0.15, -0.1) is 0 Å². The molecule has 2 aromatic rings. The highest BCUT2D eigenvalue weighted by Crippen LogP contribution is 2.33. The first-order chi connectivity index (χ1) is 17.1. The summed E-state index contributed by atoms with van der Waals surface area (Å²) in [6.07, 6.45) is 0.501. The van der Waals surface area contributed by atoms with Crippen LogP contribution in [0.3, 0.4) is 0 Å². The fourth-order valence-electron chi connectivity index (χ4n) is 4.72. The SMILES string of the molecule is COC(=O)N1Cc2nc(-c3ccc(NC(=O)NC(C)CC(C)(C)C)cc3)nc(N3CCOCC3)c2C1. The first kappa shape index (κ1) is 25.7. The zero-order valence-electron chi connectivity index (χ0n) is 21.8. The van der Waals surface area contributed by atoms with Crippen LogP contribution >= 0.6 is 0 Å². The van der Waals surface area contributed by atoms with E-state index in [2.05, 4.69) is 36.3 Å². The Morgan fingerprint density at radius 3 is 2.44 bits per heavy atom. The predicted molar refractivity (Wildman–Crippen MR) is 138 cm³/mol. The molecular formula is C26H36N6O4. The number of rotatable bonds is 5. The monoisotopic (exact) mass is 496 g/mol. The summed E-state index contributed by atoms with van der Waals surface area (Å²) >= 11 is 0. The molecule has 10 heteroatoms. The molecule has 0 radical (unpaired) electrons. The van der Waals surface area contributed by atoms with Crippen LogP contribution in [0.25, 0.3) is 11.4 Å². The Morgan fingerprint density at radius 2 is 1.81 bits per heavy atom. The second-order valence-electron chi connectivity index (χ2n) is 10.6. The van der Waals surface area contributed by atoms with E-state index in [9.17, 15) is 9.59 Å². The van der Waals surface area contributed by atoms with Gasteiger partial charge in [0.15, 0.2) is 5.82 Å². The van der Waals surface area contributed by atoms with E-state index in [0.717, 1.165) is 42.1 Å². The number of carbonyl (C=O) groups excluding carboxylic acids is 2. The maximum Gasteiger partial charge on any atom is 0.410 e. The molecule has 3 heterocycles. The summed E-state index contributed by atoms with van der Waals surface area (Å²) in [5.74, 6) is 1.41. The van der Waals surface area contributed by atoms with E-state index in [-0.39, 0.29) is 23.6 Å². The minimum absolute atomic E-state index is 0.0623. The Labute approximate surface area is 212 Å². The van der Waals surface area contributed by atoms with Crippen molar-refractivity contribution >= 4 is 23.6 Å². The smallest absolute Gasteiger partial charge is 0.410 e. The van der Waals surface area contributed by atoms with Crippen molar-refractivity contribution in [3.05, 3.63) is 35.5 Å². The van der Waals surface area contributed by atoms with Gasteiger partial charge in [-0.1, -0.05) is 20.8 Å². The first-order valence-electron chi connectivity index (χ1n) is 12.4. The number of fused-ring (bicyclic) bond motifs is 1. The van der Waals surface area contributed by atoms with Gasteiger partial charge in [-0.25, -0.2) is 19.6 Å². The van der Waals surface area contributed by atoms with Crippen LogP contribution in [0.5, 0.6) is 0 Å². The van der Waals surface area contributed by atoms with E-state index in [4.69, 9.17) is 19.4 Å². The van der Waals surface area contributed by atoms with E-state index in [1.165, 1.54) is 7.11 Å². The number of benzene rings is 1. The third kappa shape index (κ3) is 6.23. The fraction of sp³-hybridized carbons (Fsp3) is 0.538. The lowest BCUT2D eigenvalue weighted by Gasteiger charge is -2.29. The van der Waals surface area contributed by atoms with Crippen molar-refractivity contribution in [2.75, 3.05) is 43.6 Å². The molecule has 2 N–H and O–H groups in total. The normalized spacial score (nSPS) is 16.4. The highest BCUT2D eigenvalue weighted by molar-refractivity contribution is 5.89. The van der Waals surface area contributed by atoms with E-state index in [0.29, 0.717) is 37.8 Å². The molecule has 1 fully saturated rings. The van der Waals surface area contributed by atoms with Gasteiger partial charge < -0.3 is 25.0 Å². The number of hydrogen-bond acceptors (Lipinski definition) is 7. The maximum absolute atomic E-state index is 12.4. The number of aromatic nitrogens is 2. The van der Waals surface area contributed by atoms with Gasteiger partial charge in [-0.3, -0.25) is 4.90 Å². The summed E-state index contributed by atoms with van der Waals surface area (Å²) in [4.78, 5) is 38.1. The van der Waals surface area contributed by atoms with Gasteiger partial charge in [0.2, 0.25) is 0 Å². The van der Waals surface area contributed by atoms with Gasteiger partial charge in [0, 0.05) is 35.9 Å². The van der Waals surface area contributed by atoms with Crippen molar-refractivity contribution in [3.63, 3.8) is 0 Å². The number of urea groups is 1. The Hall–Kier alpha value is -3.40. The van der Waals surface area contributed by atoms with Crippen molar-refractivity contribution in [1.29, 1.82) is 0 Å². The number of methoxy groups -OCH3 is 1. The molecule has 194 valence electrons. The summed E-state index contributed by atoms with van der Waals surface area (Å²) in [5, 5.41) is 5.88. The van der Waals surface area contributed by atoms with E-state index in [1.807, 2.05) is 31.2 Å². The van der Waals surface area contributed by atoms with Gasteiger partial charge in [0.1, 0.15) is 5.82 Å². The molecule has 36 heavy (non-hydrogen) atoms. The van der Waals surface area contributed by atoms with Crippen molar-refractivity contribution in [1.82, 2.24) is 20.2 Å². The maximum atomic E-state index is 12.4. The van der Waals surface area contributed by atoms with Crippen LogP contribution in [0.15, 0.2) is 24.3 Å². The zero-order chi connectivity index (χ0) is 25.9. The predicted octanol–water partition coefficient (Wildman–Crippen LogP) is 4.01. The Morgan fingerprint density at radius 1 is 1.11 bits per heavy atom. The fourth-order valence-corrected chi connectivity index (χ4v) is 4.72. The molecule has 0 bridgehead atoms. The summed E-state index contributed by atoms with van der Waals surface area (Å²) in [7, 11) is 1.38. The summed E-state index contributed by atoms with van der Waals surface area (Å²) in [6.45, 7) is 12.0. The standard InChI is InChI=1S/C26H36N6O4/c1-17(14-26(2,3)4)27-24(33)28-19-8-6-18(7-9-19)22-29-21-16-32(25(34)35-5)15-20(21)23(30-22)31-10-12-36-13-11-31/h6-9,17H,10-16H2,1-5H3,(H2,27,28,33). The van der Waals surface area contributed by atoms with Gasteiger partial charge in [-0.05, 0) is 43.0 Å². The molecule has 1 aromatic carbocycles. The number of hydrogen-bond donors (Lipinski definition) is 2. The molecule has 10 nitrogen and oxygen atoms in total. The minimum atomic E-state index is -0.381. The highest BCUT2D eigenvalue weighted by atomic mass is 16.5. The number of ether oxygens (including phenoxy) is 2. The van der Waals surface area contributed by atoms with Crippen LogP contribution < -0.4 is 15.5 Å². The van der Waals surface area contributed by atoms with Crippen LogP contribution in [-0.2, 0) is 22.6 Å². The Balaban J connectivity index is 1.52. The number of nitrogens with one attached hydrogen (secondary N) is 2. The molecule has 4 rings (SSSR count). The van der Waals surface area contributed by atoms with Gasteiger partial charge in [0.25, 0.3) is 0 Å². The Bertz CT molecular complexity index is 1090. The van der Waals surface area contributed by atoms with Gasteiger partial charge in [-0.2, -0.15) is 0 Å². The van der Waals surface area contributed by atoms with Crippen LogP contribution in [0.1, 0.15) is 45.4 Å². The lowest BCUT2D eigenvalue weighted by molar-refractivity contribution is 0.121. The summed E-state index contributed by atoms with van der Waals surface area (Å²) in [6, 6.07) is 7.31. The molecule has 1 aromatic heterocycles. The van der Waals surface area contributed by atoms with Crippen molar-refractivity contribution in [2.45, 2.75) is 53.2 Å². The van der Waals surface area contributed by atoms with E-state index < -0.39 is 0 Å². The third-order valence-corrected chi connectivity index (χ3v) is 6.20. The molecule has 1 atom stereocenters. The molecule has 1 saturated heterocycles. The van der Waals surface area contributed by atoms with Gasteiger partial charge in [0.05, 0.1) is 39.1 Å². The topological polar surface area (TPSA) is 109 Å². The number of anilines is 2. The second-order valence-corrected chi connectivity index (χ2v) is 10.6. The van der Waals surface area contributed by atoms with E-state index >= 15 is 0 Å². The number of carbonyl (C=O) groups is 2. The van der Waals surface area contributed by atoms with Crippen LogP contribution in [0.2, 0.25) is 0 Å². The molecule has 1 unspecified atom stereocenters. The summed E-state index contributed by atoms with van der Waals surface area (Å²) in [5.41, 5.74) is 3.42. The molecule has 2 aliphatic rings. The van der Waals surface area contributed by atoms with Crippen molar-refractivity contribution < 1.29 is 19.1 Å². The van der Waals surface area contributed by atoms with Crippen molar-refractivity contribution in [2.24, 2.45) is 5.41 Å².